The second-order valence-electron chi connectivity index (χ2n) is 7.12. The quantitative estimate of drug-likeness (QED) is 0.610. The van der Waals surface area contributed by atoms with E-state index in [1.54, 1.807) is 0 Å². The van der Waals surface area contributed by atoms with Crippen LogP contribution in [0.4, 0.5) is 0 Å². The molecule has 1 spiro atoms. The van der Waals surface area contributed by atoms with Crippen molar-refractivity contribution >= 4 is 11.9 Å². The van der Waals surface area contributed by atoms with Crippen molar-refractivity contribution < 1.29 is 19.1 Å². The minimum Gasteiger partial charge on any atom is -0.465 e. The third-order valence-corrected chi connectivity index (χ3v) is 5.60. The molecule has 5 nitrogen and oxygen atoms in total. The molecule has 0 saturated carbocycles. The Labute approximate surface area is 147 Å². The van der Waals surface area contributed by atoms with Crippen molar-refractivity contribution in [1.29, 1.82) is 0 Å². The van der Waals surface area contributed by atoms with E-state index in [-0.39, 0.29) is 24.0 Å². The van der Waals surface area contributed by atoms with Crippen molar-refractivity contribution in [2.45, 2.75) is 38.0 Å². The standard InChI is InChI=1S/C20H23NO4/c1-3-11-24-19(23)16-15-9-10-20(25-15)12-21(18(22)17(16)20)13(2)14-7-5-4-6-8-14/h4-10,13,15-17H,3,11-12H2,1-2H3/t13?,15-,16?,17+,20-/m1/s1. The van der Waals surface area contributed by atoms with E-state index >= 15 is 0 Å². The topological polar surface area (TPSA) is 55.8 Å². The van der Waals surface area contributed by atoms with Gasteiger partial charge in [-0.15, -0.1) is 0 Å². The van der Waals surface area contributed by atoms with Crippen LogP contribution in [-0.4, -0.2) is 41.6 Å². The number of fused-ring (bicyclic) bond motifs is 1. The largest absolute Gasteiger partial charge is 0.465 e. The zero-order valence-electron chi connectivity index (χ0n) is 14.6. The number of rotatable bonds is 5. The van der Waals surface area contributed by atoms with Crippen molar-refractivity contribution in [3.63, 3.8) is 0 Å². The van der Waals surface area contributed by atoms with Gasteiger partial charge in [-0.1, -0.05) is 49.4 Å². The molecule has 3 aliphatic heterocycles. The normalized spacial score (nSPS) is 33.6. The van der Waals surface area contributed by atoms with E-state index in [0.717, 1.165) is 12.0 Å². The summed E-state index contributed by atoms with van der Waals surface area (Å²) in [6.07, 6.45) is 4.31. The molecule has 2 saturated heterocycles. The number of carbonyl (C=O) groups is 2. The molecule has 3 heterocycles. The predicted molar refractivity (Wildman–Crippen MR) is 91.5 cm³/mol. The molecule has 5 heteroatoms. The number of ether oxygens (including phenoxy) is 2. The Hall–Kier alpha value is -2.14. The molecular formula is C20H23NO4. The lowest BCUT2D eigenvalue weighted by Gasteiger charge is -2.27. The lowest BCUT2D eigenvalue weighted by Crippen LogP contribution is -2.40. The van der Waals surface area contributed by atoms with Gasteiger partial charge in [0, 0.05) is 0 Å². The first-order valence-electron chi connectivity index (χ1n) is 8.96. The summed E-state index contributed by atoms with van der Waals surface area (Å²) in [6, 6.07) is 9.88. The fourth-order valence-corrected chi connectivity index (χ4v) is 4.34. The van der Waals surface area contributed by atoms with Crippen molar-refractivity contribution in [2.75, 3.05) is 13.2 Å². The molecule has 1 aromatic carbocycles. The Bertz CT molecular complexity index is 716. The van der Waals surface area contributed by atoms with Crippen LogP contribution in [0.3, 0.4) is 0 Å². The van der Waals surface area contributed by atoms with E-state index in [2.05, 4.69) is 0 Å². The van der Waals surface area contributed by atoms with E-state index in [9.17, 15) is 9.59 Å². The van der Waals surface area contributed by atoms with Crippen LogP contribution in [0.15, 0.2) is 42.5 Å². The van der Waals surface area contributed by atoms with Gasteiger partial charge in [0.05, 0.1) is 31.2 Å². The van der Waals surface area contributed by atoms with Gasteiger partial charge in [-0.05, 0) is 18.9 Å². The minimum absolute atomic E-state index is 0.0124. The number of esters is 1. The third kappa shape index (κ3) is 2.41. The Kier molecular flexibility index (Phi) is 3.91. The summed E-state index contributed by atoms with van der Waals surface area (Å²) in [5.74, 6) is -1.33. The number of nitrogens with zero attached hydrogens (tertiary/aromatic N) is 1. The van der Waals surface area contributed by atoms with Crippen LogP contribution in [0.5, 0.6) is 0 Å². The summed E-state index contributed by atoms with van der Waals surface area (Å²) in [5, 5.41) is 0. The second kappa shape index (κ2) is 5.99. The van der Waals surface area contributed by atoms with E-state index < -0.39 is 17.4 Å². The molecule has 0 N–H and O–H groups in total. The highest BCUT2D eigenvalue weighted by Gasteiger charge is 2.67. The van der Waals surface area contributed by atoms with Gasteiger partial charge in [-0.25, -0.2) is 0 Å². The zero-order valence-corrected chi connectivity index (χ0v) is 14.6. The molecule has 2 bridgehead atoms. The highest BCUT2D eigenvalue weighted by Crippen LogP contribution is 2.53. The Morgan fingerprint density at radius 1 is 1.40 bits per heavy atom. The zero-order chi connectivity index (χ0) is 17.6. The average Bonchev–Trinajstić information content (AvgIpc) is 3.28. The first-order chi connectivity index (χ1) is 12.1. The second-order valence-corrected chi connectivity index (χ2v) is 7.12. The van der Waals surface area contributed by atoms with Crippen molar-refractivity contribution in [3.8, 4) is 0 Å². The van der Waals surface area contributed by atoms with Crippen LogP contribution in [0.1, 0.15) is 31.9 Å². The van der Waals surface area contributed by atoms with Crippen molar-refractivity contribution in [3.05, 3.63) is 48.0 Å². The molecule has 0 aromatic heterocycles. The molecule has 1 amide bonds. The first-order valence-corrected chi connectivity index (χ1v) is 8.96. The summed E-state index contributed by atoms with van der Waals surface area (Å²) in [6.45, 7) is 4.84. The number of carbonyl (C=O) groups excluding carboxylic acids is 2. The van der Waals surface area contributed by atoms with Gasteiger partial charge in [0.1, 0.15) is 11.5 Å². The fraction of sp³-hybridized carbons (Fsp3) is 0.500. The molecule has 2 unspecified atom stereocenters. The smallest absolute Gasteiger partial charge is 0.312 e. The molecule has 132 valence electrons. The highest BCUT2D eigenvalue weighted by atomic mass is 16.6. The Balaban J connectivity index is 1.60. The van der Waals surface area contributed by atoms with E-state index in [4.69, 9.17) is 9.47 Å². The van der Waals surface area contributed by atoms with E-state index in [1.165, 1.54) is 0 Å². The first kappa shape index (κ1) is 16.3. The van der Waals surface area contributed by atoms with Crippen LogP contribution in [0.2, 0.25) is 0 Å². The number of likely N-dealkylation sites (tertiary alicyclic amines) is 1. The predicted octanol–water partition coefficient (Wildman–Crippen LogP) is 2.48. The maximum Gasteiger partial charge on any atom is 0.312 e. The Morgan fingerprint density at radius 2 is 2.16 bits per heavy atom. The molecule has 3 aliphatic rings. The van der Waals surface area contributed by atoms with E-state index in [0.29, 0.717) is 13.2 Å². The molecule has 2 fully saturated rings. The molecule has 1 aromatic rings. The van der Waals surface area contributed by atoms with Gasteiger partial charge in [0.2, 0.25) is 5.91 Å². The summed E-state index contributed by atoms with van der Waals surface area (Å²) in [5.41, 5.74) is 0.400. The van der Waals surface area contributed by atoms with Gasteiger partial charge in [0.15, 0.2) is 0 Å². The third-order valence-electron chi connectivity index (χ3n) is 5.60. The van der Waals surface area contributed by atoms with Crippen LogP contribution in [-0.2, 0) is 19.1 Å². The minimum atomic E-state index is -0.680. The molecular weight excluding hydrogens is 318 g/mol. The number of benzene rings is 1. The van der Waals surface area contributed by atoms with Crippen LogP contribution < -0.4 is 0 Å². The SMILES string of the molecule is CCCOC(=O)C1[C@H]2C(=O)N(C(C)c3ccccc3)C[C@]23C=C[C@H]1O3. The molecule has 25 heavy (non-hydrogen) atoms. The van der Waals surface area contributed by atoms with Crippen molar-refractivity contribution in [2.24, 2.45) is 11.8 Å². The number of amides is 1. The fourth-order valence-electron chi connectivity index (χ4n) is 4.34. The van der Waals surface area contributed by atoms with Gasteiger partial charge in [0.25, 0.3) is 0 Å². The summed E-state index contributed by atoms with van der Waals surface area (Å²) in [7, 11) is 0. The summed E-state index contributed by atoms with van der Waals surface area (Å²) in [4.78, 5) is 27.5. The van der Waals surface area contributed by atoms with Gasteiger partial charge < -0.3 is 14.4 Å². The molecule has 5 atom stereocenters. The molecule has 4 rings (SSSR count). The maximum atomic E-state index is 13.2. The summed E-state index contributed by atoms with van der Waals surface area (Å²) >= 11 is 0. The molecule has 0 aliphatic carbocycles. The lowest BCUT2D eigenvalue weighted by molar-refractivity contribution is -0.154. The van der Waals surface area contributed by atoms with Crippen molar-refractivity contribution in [1.82, 2.24) is 4.90 Å². The van der Waals surface area contributed by atoms with Crippen LogP contribution in [0.25, 0.3) is 0 Å². The van der Waals surface area contributed by atoms with E-state index in [1.807, 2.05) is 61.2 Å². The number of hydrogen-bond donors (Lipinski definition) is 0. The van der Waals surface area contributed by atoms with Gasteiger partial charge in [-0.2, -0.15) is 0 Å². The number of hydrogen-bond acceptors (Lipinski definition) is 4. The average molecular weight is 341 g/mol. The van der Waals surface area contributed by atoms with Gasteiger partial charge in [-0.3, -0.25) is 9.59 Å². The lowest BCUT2D eigenvalue weighted by atomic mass is 9.77. The summed E-state index contributed by atoms with van der Waals surface area (Å²) < 4.78 is 11.4. The van der Waals surface area contributed by atoms with Crippen LogP contribution >= 0.6 is 0 Å². The highest BCUT2D eigenvalue weighted by molar-refractivity contribution is 5.91. The van der Waals surface area contributed by atoms with Crippen LogP contribution in [0, 0.1) is 11.8 Å². The monoisotopic (exact) mass is 341 g/mol. The molecule has 0 radical (unpaired) electrons. The Morgan fingerprint density at radius 3 is 2.88 bits per heavy atom. The van der Waals surface area contributed by atoms with Gasteiger partial charge >= 0.3 is 5.97 Å². The maximum absolute atomic E-state index is 13.2.